The van der Waals surface area contributed by atoms with Gasteiger partial charge in [-0.1, -0.05) is 31.2 Å². The van der Waals surface area contributed by atoms with Gasteiger partial charge in [0.2, 0.25) is 0 Å². The number of aryl methyl sites for hydroxylation is 1. The van der Waals surface area contributed by atoms with Crippen LogP contribution in [-0.2, 0) is 25.4 Å². The highest BCUT2D eigenvalue weighted by molar-refractivity contribution is 5.96. The summed E-state index contributed by atoms with van der Waals surface area (Å²) in [7, 11) is 0. The van der Waals surface area contributed by atoms with Crippen molar-refractivity contribution in [3.8, 4) is 0 Å². The second-order valence-corrected chi connectivity index (χ2v) is 13.1. The van der Waals surface area contributed by atoms with Crippen molar-refractivity contribution in [2.45, 2.75) is 109 Å². The third-order valence-electron chi connectivity index (χ3n) is 8.78. The molecule has 0 aliphatic rings. The number of ether oxygens (including phenoxy) is 4. The molecule has 0 amide bonds. The van der Waals surface area contributed by atoms with Gasteiger partial charge in [-0.3, -0.25) is 0 Å². The Bertz CT molecular complexity index is 1390. The SMILES string of the molecule is C=CCCCCOC(=O)c1cc(CCC(CC)c2cc(C(=O)OCCCCC=C)cc(C(=O)OCCCCC=C)c2)cc(C(=O)OCCCCC=C)c1. The van der Waals surface area contributed by atoms with E-state index in [1.807, 2.05) is 31.2 Å². The van der Waals surface area contributed by atoms with E-state index in [1.165, 1.54) is 12.1 Å². The summed E-state index contributed by atoms with van der Waals surface area (Å²) in [5.74, 6) is -2.05. The van der Waals surface area contributed by atoms with Gasteiger partial charge in [-0.25, -0.2) is 19.2 Å². The third-order valence-corrected chi connectivity index (χ3v) is 8.78. The van der Waals surface area contributed by atoms with Gasteiger partial charge in [0.05, 0.1) is 48.7 Å². The maximum absolute atomic E-state index is 13.2. The van der Waals surface area contributed by atoms with E-state index in [1.54, 1.807) is 24.3 Å². The van der Waals surface area contributed by atoms with Gasteiger partial charge in [-0.2, -0.15) is 0 Å². The van der Waals surface area contributed by atoms with Crippen molar-refractivity contribution in [3.63, 3.8) is 0 Å². The van der Waals surface area contributed by atoms with E-state index in [0.717, 1.165) is 62.5 Å². The Kier molecular flexibility index (Phi) is 22.6. The first kappa shape index (κ1) is 44.4. The van der Waals surface area contributed by atoms with E-state index < -0.39 is 23.9 Å². The zero-order chi connectivity index (χ0) is 38.7. The molecule has 0 heterocycles. The molecule has 8 nitrogen and oxygen atoms in total. The molecule has 0 aliphatic heterocycles. The molecule has 1 unspecified atom stereocenters. The number of carbonyl (C=O) groups is 4. The van der Waals surface area contributed by atoms with E-state index in [4.69, 9.17) is 18.9 Å². The van der Waals surface area contributed by atoms with E-state index in [-0.39, 0.29) is 43.5 Å². The topological polar surface area (TPSA) is 105 Å². The summed E-state index contributed by atoms with van der Waals surface area (Å²) in [6.45, 7) is 18.0. The fraction of sp³-hybridized carbons (Fsp3) is 0.467. The van der Waals surface area contributed by atoms with E-state index in [0.29, 0.717) is 56.1 Å². The molecule has 0 saturated heterocycles. The number of hydrogen-bond acceptors (Lipinski definition) is 8. The summed E-state index contributed by atoms with van der Waals surface area (Å²) < 4.78 is 22.2. The first-order valence-corrected chi connectivity index (χ1v) is 19.2. The number of hydrogen-bond donors (Lipinski definition) is 0. The number of carbonyl (C=O) groups excluding carboxylic acids is 4. The summed E-state index contributed by atoms with van der Waals surface area (Å²) >= 11 is 0. The molecule has 2 rings (SSSR count). The predicted octanol–water partition coefficient (Wildman–Crippen LogP) is 10.9. The molecular formula is C45H60O8. The summed E-state index contributed by atoms with van der Waals surface area (Å²) in [6.07, 6.45) is 18.8. The van der Waals surface area contributed by atoms with Crippen LogP contribution in [0.2, 0.25) is 0 Å². The fourth-order valence-corrected chi connectivity index (χ4v) is 5.70. The van der Waals surface area contributed by atoms with Crippen LogP contribution in [0.25, 0.3) is 0 Å². The maximum Gasteiger partial charge on any atom is 0.338 e. The molecule has 2 aromatic carbocycles. The number of benzene rings is 2. The summed E-state index contributed by atoms with van der Waals surface area (Å²) in [5, 5.41) is 0. The van der Waals surface area contributed by atoms with Crippen LogP contribution in [0, 0.1) is 0 Å². The molecule has 288 valence electrons. The highest BCUT2D eigenvalue weighted by atomic mass is 16.5. The van der Waals surface area contributed by atoms with Gasteiger partial charge < -0.3 is 18.9 Å². The maximum atomic E-state index is 13.2. The highest BCUT2D eigenvalue weighted by Crippen LogP contribution is 2.29. The fourth-order valence-electron chi connectivity index (χ4n) is 5.70. The Morgan fingerprint density at radius 3 is 1.13 bits per heavy atom. The summed E-state index contributed by atoms with van der Waals surface area (Å²) in [4.78, 5) is 52.6. The lowest BCUT2D eigenvalue weighted by Crippen LogP contribution is -2.13. The lowest BCUT2D eigenvalue weighted by Gasteiger charge is -2.18. The van der Waals surface area contributed by atoms with Crippen molar-refractivity contribution >= 4 is 23.9 Å². The average Bonchev–Trinajstić information content (AvgIpc) is 3.17. The van der Waals surface area contributed by atoms with Gasteiger partial charge in [-0.05, 0) is 150 Å². The molecule has 0 aliphatic carbocycles. The summed E-state index contributed by atoms with van der Waals surface area (Å²) in [6, 6.07) is 10.2. The Morgan fingerprint density at radius 1 is 0.509 bits per heavy atom. The zero-order valence-corrected chi connectivity index (χ0v) is 31.9. The van der Waals surface area contributed by atoms with Crippen LogP contribution in [-0.4, -0.2) is 50.3 Å². The Morgan fingerprint density at radius 2 is 0.830 bits per heavy atom. The van der Waals surface area contributed by atoms with Crippen LogP contribution in [0.1, 0.15) is 155 Å². The van der Waals surface area contributed by atoms with Gasteiger partial charge in [0, 0.05) is 0 Å². The lowest BCUT2D eigenvalue weighted by molar-refractivity contribution is 0.0478. The smallest absolute Gasteiger partial charge is 0.338 e. The minimum absolute atomic E-state index is 0.0600. The van der Waals surface area contributed by atoms with E-state index in [9.17, 15) is 19.2 Å². The molecular weight excluding hydrogens is 668 g/mol. The first-order valence-electron chi connectivity index (χ1n) is 19.2. The van der Waals surface area contributed by atoms with Gasteiger partial charge in [0.1, 0.15) is 0 Å². The molecule has 0 fully saturated rings. The van der Waals surface area contributed by atoms with Crippen LogP contribution in [0.4, 0.5) is 0 Å². The van der Waals surface area contributed by atoms with Crippen LogP contribution in [0.3, 0.4) is 0 Å². The largest absolute Gasteiger partial charge is 0.462 e. The molecule has 0 saturated carbocycles. The lowest BCUT2D eigenvalue weighted by atomic mass is 9.87. The number of unbranched alkanes of at least 4 members (excludes halogenated alkanes) is 8. The van der Waals surface area contributed by atoms with Crippen molar-refractivity contribution in [1.82, 2.24) is 0 Å². The average molecular weight is 729 g/mol. The van der Waals surface area contributed by atoms with Crippen LogP contribution in [0.5, 0.6) is 0 Å². The highest BCUT2D eigenvalue weighted by Gasteiger charge is 2.21. The zero-order valence-electron chi connectivity index (χ0n) is 31.9. The monoisotopic (exact) mass is 728 g/mol. The minimum Gasteiger partial charge on any atom is -0.462 e. The standard InChI is InChI=1S/C45H60O8/c1-6-11-15-19-25-50-42(46)38-29-35(30-39(33-38)43(47)51-26-20-16-12-7-2)23-24-36(10-5)37-31-40(44(48)52-27-21-17-13-8-3)34-41(32-37)45(49)53-28-22-18-14-9-4/h6-9,29-34,36H,1-4,10-28H2,5H3. The number of allylic oxidation sites excluding steroid dienone is 4. The quantitative estimate of drug-likeness (QED) is 0.0353. The molecule has 0 bridgehead atoms. The second-order valence-electron chi connectivity index (χ2n) is 13.1. The molecule has 0 spiro atoms. The van der Waals surface area contributed by atoms with Crippen molar-refractivity contribution < 1.29 is 38.1 Å². The number of esters is 4. The molecule has 8 heteroatoms. The molecule has 2 aromatic rings. The first-order chi connectivity index (χ1) is 25.8. The van der Waals surface area contributed by atoms with Crippen molar-refractivity contribution in [2.75, 3.05) is 26.4 Å². The number of rotatable bonds is 29. The molecule has 53 heavy (non-hydrogen) atoms. The van der Waals surface area contributed by atoms with Crippen LogP contribution in [0.15, 0.2) is 87.0 Å². The van der Waals surface area contributed by atoms with Gasteiger partial charge >= 0.3 is 23.9 Å². The summed E-state index contributed by atoms with van der Waals surface area (Å²) in [5.41, 5.74) is 2.74. The molecule has 0 N–H and O–H groups in total. The molecule has 1 atom stereocenters. The normalized spacial score (nSPS) is 11.2. The Balaban J connectivity index is 2.34. The van der Waals surface area contributed by atoms with Crippen LogP contribution < -0.4 is 0 Å². The third kappa shape index (κ3) is 17.6. The van der Waals surface area contributed by atoms with E-state index >= 15 is 0 Å². The van der Waals surface area contributed by atoms with Gasteiger partial charge in [0.25, 0.3) is 0 Å². The van der Waals surface area contributed by atoms with Crippen molar-refractivity contribution in [2.24, 2.45) is 0 Å². The molecule has 0 aromatic heterocycles. The predicted molar refractivity (Wildman–Crippen MR) is 212 cm³/mol. The second kappa shape index (κ2) is 27.0. The van der Waals surface area contributed by atoms with Crippen LogP contribution >= 0.6 is 0 Å². The molecule has 0 radical (unpaired) electrons. The Labute approximate surface area is 317 Å². The van der Waals surface area contributed by atoms with Gasteiger partial charge in [0.15, 0.2) is 0 Å². The van der Waals surface area contributed by atoms with E-state index in [2.05, 4.69) is 26.3 Å². The minimum atomic E-state index is -0.499. The van der Waals surface area contributed by atoms with Gasteiger partial charge in [-0.15, -0.1) is 26.3 Å². The van der Waals surface area contributed by atoms with Crippen molar-refractivity contribution in [3.05, 3.63) is 120 Å². The Hall–Kier alpha value is -4.72. The van der Waals surface area contributed by atoms with Crippen molar-refractivity contribution in [1.29, 1.82) is 0 Å².